The van der Waals surface area contributed by atoms with Crippen molar-refractivity contribution in [3.8, 4) is 11.6 Å². The van der Waals surface area contributed by atoms with Gasteiger partial charge in [-0.15, -0.1) is 0 Å². The second-order valence-electron chi connectivity index (χ2n) is 8.68. The topological polar surface area (TPSA) is 73.1 Å². The summed E-state index contributed by atoms with van der Waals surface area (Å²) in [6.07, 6.45) is 7.60. The third kappa shape index (κ3) is 3.61. The van der Waals surface area contributed by atoms with Gasteiger partial charge in [-0.1, -0.05) is 0 Å². The van der Waals surface area contributed by atoms with Crippen molar-refractivity contribution in [1.29, 1.82) is 0 Å². The van der Waals surface area contributed by atoms with Gasteiger partial charge in [0, 0.05) is 23.6 Å². The van der Waals surface area contributed by atoms with Crippen molar-refractivity contribution in [2.45, 2.75) is 44.2 Å². The van der Waals surface area contributed by atoms with Crippen molar-refractivity contribution in [2.75, 3.05) is 6.61 Å². The average molecular weight is 439 g/mol. The summed E-state index contributed by atoms with van der Waals surface area (Å²) in [4.78, 5) is 21.0. The minimum absolute atomic E-state index is 0.0385. The number of piperidine rings is 1. The van der Waals surface area contributed by atoms with Crippen LogP contribution in [0.4, 0.5) is 8.78 Å². The molecule has 0 N–H and O–H groups in total. The largest absolute Gasteiger partial charge is 0.477 e. The third-order valence-electron chi connectivity index (χ3n) is 6.68. The van der Waals surface area contributed by atoms with E-state index in [-0.39, 0.29) is 29.0 Å². The molecule has 0 saturated carbocycles. The Morgan fingerprint density at radius 2 is 1.88 bits per heavy atom. The summed E-state index contributed by atoms with van der Waals surface area (Å²) in [6.45, 7) is 2.47. The zero-order chi connectivity index (χ0) is 22.3. The highest BCUT2D eigenvalue weighted by Crippen LogP contribution is 2.47. The van der Waals surface area contributed by atoms with Gasteiger partial charge in [-0.3, -0.25) is 4.79 Å². The highest BCUT2D eigenvalue weighted by Gasteiger charge is 2.52. The summed E-state index contributed by atoms with van der Waals surface area (Å²) in [5.74, 6) is -0.683. The quantitative estimate of drug-likeness (QED) is 0.605. The van der Waals surface area contributed by atoms with Gasteiger partial charge in [0.1, 0.15) is 11.6 Å². The molecule has 2 aromatic heterocycles. The van der Waals surface area contributed by atoms with Gasteiger partial charge in [0.15, 0.2) is 0 Å². The second-order valence-corrected chi connectivity index (χ2v) is 8.68. The van der Waals surface area contributed by atoms with Crippen molar-refractivity contribution < 1.29 is 18.3 Å². The van der Waals surface area contributed by atoms with Crippen LogP contribution in [0.5, 0.6) is 5.88 Å². The Morgan fingerprint density at radius 3 is 2.62 bits per heavy atom. The minimum Gasteiger partial charge on any atom is -0.477 e. The van der Waals surface area contributed by atoms with Crippen LogP contribution in [-0.2, 0) is 0 Å². The number of hydrogen-bond acceptors (Lipinski definition) is 5. The van der Waals surface area contributed by atoms with Gasteiger partial charge in [0.2, 0.25) is 5.88 Å². The number of benzene rings is 1. The smallest absolute Gasteiger partial charge is 0.256 e. The summed E-state index contributed by atoms with van der Waals surface area (Å²) in [7, 11) is 0. The van der Waals surface area contributed by atoms with Crippen molar-refractivity contribution in [1.82, 2.24) is 24.9 Å². The summed E-state index contributed by atoms with van der Waals surface area (Å²) < 4.78 is 33.1. The van der Waals surface area contributed by atoms with Gasteiger partial charge >= 0.3 is 0 Å². The Hall–Kier alpha value is -3.36. The summed E-state index contributed by atoms with van der Waals surface area (Å²) >= 11 is 0. The summed E-state index contributed by atoms with van der Waals surface area (Å²) in [5, 5.41) is 8.24. The Labute approximate surface area is 184 Å². The molecular formula is C23H23F2N5O2. The van der Waals surface area contributed by atoms with Crippen molar-refractivity contribution >= 4 is 5.91 Å². The van der Waals surface area contributed by atoms with Crippen LogP contribution >= 0.6 is 0 Å². The van der Waals surface area contributed by atoms with E-state index in [0.717, 1.165) is 31.9 Å². The maximum Gasteiger partial charge on any atom is 0.256 e. The zero-order valence-electron chi connectivity index (χ0n) is 17.6. The Morgan fingerprint density at radius 1 is 1.12 bits per heavy atom. The summed E-state index contributed by atoms with van der Waals surface area (Å²) in [6, 6.07) is 6.85. The van der Waals surface area contributed by atoms with Gasteiger partial charge < -0.3 is 9.64 Å². The maximum absolute atomic E-state index is 14.2. The molecule has 1 unspecified atom stereocenters. The van der Waals surface area contributed by atoms with E-state index in [0.29, 0.717) is 18.2 Å². The Kier molecular flexibility index (Phi) is 5.11. The van der Waals surface area contributed by atoms with E-state index in [1.54, 1.807) is 0 Å². The van der Waals surface area contributed by atoms with Crippen molar-refractivity contribution in [3.63, 3.8) is 0 Å². The molecule has 1 amide bonds. The maximum atomic E-state index is 14.2. The first-order chi connectivity index (χ1) is 15.4. The highest BCUT2D eigenvalue weighted by atomic mass is 19.1. The SMILES string of the molecule is C[C@@]12CCC([C@@H](COc3ccc(F)cn3)CC1)N2C(=O)c1cc(F)ccc1-n1nccn1. The molecule has 2 saturated heterocycles. The molecule has 5 rings (SSSR count). The fourth-order valence-corrected chi connectivity index (χ4v) is 5.04. The van der Waals surface area contributed by atoms with Gasteiger partial charge in [-0.2, -0.15) is 15.0 Å². The van der Waals surface area contributed by atoms with E-state index < -0.39 is 11.6 Å². The standard InChI is InChI=1S/C23H23F2N5O2/c1-23-8-6-15(14-32-21-5-3-17(25)13-26-21)19(7-9-23)29(23)22(31)18-12-16(24)2-4-20(18)30-27-10-11-28-30/h2-5,10-13,15,19H,6-9,14H2,1H3/t15-,19?,23+/m1/s1. The molecule has 3 atom stereocenters. The Bertz CT molecular complexity index is 1120. The predicted molar refractivity (Wildman–Crippen MR) is 111 cm³/mol. The van der Waals surface area contributed by atoms with E-state index in [4.69, 9.17) is 4.74 Å². The fraction of sp³-hybridized carbons (Fsp3) is 0.391. The minimum atomic E-state index is -0.485. The van der Waals surface area contributed by atoms with E-state index in [2.05, 4.69) is 22.1 Å². The van der Waals surface area contributed by atoms with Crippen LogP contribution in [-0.4, -0.2) is 49.0 Å². The second kappa shape index (κ2) is 7.96. The summed E-state index contributed by atoms with van der Waals surface area (Å²) in [5.41, 5.74) is 0.382. The molecule has 166 valence electrons. The number of rotatable bonds is 5. The molecule has 2 aliphatic rings. The molecule has 9 heteroatoms. The van der Waals surface area contributed by atoms with E-state index in [1.807, 2.05) is 4.90 Å². The molecule has 32 heavy (non-hydrogen) atoms. The molecule has 0 spiro atoms. The number of ether oxygens (including phenoxy) is 1. The van der Waals surface area contributed by atoms with Crippen LogP contribution in [0.2, 0.25) is 0 Å². The zero-order valence-corrected chi connectivity index (χ0v) is 17.6. The fourth-order valence-electron chi connectivity index (χ4n) is 5.04. The van der Waals surface area contributed by atoms with Gasteiger partial charge in [-0.25, -0.2) is 13.8 Å². The molecule has 0 aliphatic carbocycles. The van der Waals surface area contributed by atoms with Crippen LogP contribution in [0.3, 0.4) is 0 Å². The lowest BCUT2D eigenvalue weighted by molar-refractivity contribution is 0.0145. The van der Waals surface area contributed by atoms with Crippen LogP contribution in [0.25, 0.3) is 5.69 Å². The molecule has 2 bridgehead atoms. The first kappa shape index (κ1) is 20.5. The molecule has 0 radical (unpaired) electrons. The normalized spacial score (nSPS) is 24.5. The van der Waals surface area contributed by atoms with Crippen LogP contribution in [0.15, 0.2) is 48.9 Å². The van der Waals surface area contributed by atoms with Crippen LogP contribution in [0.1, 0.15) is 43.0 Å². The monoisotopic (exact) mass is 439 g/mol. The van der Waals surface area contributed by atoms with Gasteiger partial charge in [0.25, 0.3) is 5.91 Å². The number of hydrogen-bond donors (Lipinski definition) is 0. The van der Waals surface area contributed by atoms with Gasteiger partial charge in [-0.05, 0) is 56.9 Å². The highest BCUT2D eigenvalue weighted by molar-refractivity contribution is 5.98. The van der Waals surface area contributed by atoms with E-state index in [9.17, 15) is 13.6 Å². The van der Waals surface area contributed by atoms with Crippen LogP contribution < -0.4 is 4.74 Å². The lowest BCUT2D eigenvalue weighted by Gasteiger charge is -2.46. The number of aromatic nitrogens is 4. The molecule has 2 fully saturated rings. The lowest BCUT2D eigenvalue weighted by atomic mass is 9.84. The first-order valence-corrected chi connectivity index (χ1v) is 10.7. The van der Waals surface area contributed by atoms with Gasteiger partial charge in [0.05, 0.1) is 36.4 Å². The first-order valence-electron chi connectivity index (χ1n) is 10.7. The Balaban J connectivity index is 1.42. The predicted octanol–water partition coefficient (Wildman–Crippen LogP) is 3.79. The van der Waals surface area contributed by atoms with E-state index >= 15 is 0 Å². The molecule has 1 aromatic carbocycles. The molecule has 7 nitrogen and oxygen atoms in total. The number of halogens is 2. The molecule has 2 aliphatic heterocycles. The number of nitrogens with zero attached hydrogens (tertiary/aromatic N) is 5. The number of carbonyl (C=O) groups excluding carboxylic acids is 1. The lowest BCUT2D eigenvalue weighted by Crippen LogP contribution is -2.55. The number of fused-ring (bicyclic) bond motifs is 2. The van der Waals surface area contributed by atoms with Crippen molar-refractivity contribution in [3.05, 3.63) is 66.1 Å². The number of pyridine rings is 1. The van der Waals surface area contributed by atoms with Crippen LogP contribution in [0, 0.1) is 17.6 Å². The molecule has 4 heterocycles. The number of amides is 1. The van der Waals surface area contributed by atoms with E-state index in [1.165, 1.54) is 47.5 Å². The molecule has 3 aromatic rings. The van der Waals surface area contributed by atoms with Crippen molar-refractivity contribution in [2.24, 2.45) is 5.92 Å². The molecular weight excluding hydrogens is 416 g/mol. The number of carbonyl (C=O) groups is 1. The third-order valence-corrected chi connectivity index (χ3v) is 6.68. The average Bonchev–Trinajstić information content (AvgIpc) is 3.40.